The molecule has 1 atom stereocenters. The fourth-order valence-electron chi connectivity index (χ4n) is 2.14. The molecule has 1 amide bonds. The van der Waals surface area contributed by atoms with Crippen LogP contribution in [0.4, 0.5) is 5.69 Å². The highest BCUT2D eigenvalue weighted by Crippen LogP contribution is 2.31. The summed E-state index contributed by atoms with van der Waals surface area (Å²) in [6, 6.07) is 3.35. The monoisotopic (exact) mass is 329 g/mol. The van der Waals surface area contributed by atoms with Crippen LogP contribution in [0.3, 0.4) is 0 Å². The van der Waals surface area contributed by atoms with E-state index in [0.717, 1.165) is 11.0 Å². The van der Waals surface area contributed by atoms with Crippen LogP contribution in [0, 0.1) is 12.8 Å². The van der Waals surface area contributed by atoms with Crippen molar-refractivity contribution in [1.29, 1.82) is 0 Å². The molecule has 0 saturated carbocycles. The summed E-state index contributed by atoms with van der Waals surface area (Å²) >= 11 is 6.00. The van der Waals surface area contributed by atoms with E-state index in [1.54, 1.807) is 18.2 Å². The predicted octanol–water partition coefficient (Wildman–Crippen LogP) is 2.54. The Balaban J connectivity index is 2.07. The van der Waals surface area contributed by atoms with Crippen molar-refractivity contribution in [3.05, 3.63) is 34.2 Å². The van der Waals surface area contributed by atoms with Gasteiger partial charge >= 0.3 is 0 Å². The van der Waals surface area contributed by atoms with E-state index >= 15 is 0 Å². The highest BCUT2D eigenvalue weighted by molar-refractivity contribution is 7.94. The second kappa shape index (κ2) is 6.07. The zero-order valence-corrected chi connectivity index (χ0v) is 13.3. The van der Waals surface area contributed by atoms with Gasteiger partial charge in [0.2, 0.25) is 5.91 Å². The van der Waals surface area contributed by atoms with Gasteiger partial charge in [-0.2, -0.15) is 0 Å². The van der Waals surface area contributed by atoms with E-state index in [4.69, 9.17) is 16.3 Å². The van der Waals surface area contributed by atoms with Crippen molar-refractivity contribution in [3.63, 3.8) is 0 Å². The minimum absolute atomic E-state index is 0.0167. The van der Waals surface area contributed by atoms with Crippen LogP contribution in [0.25, 0.3) is 0 Å². The first-order chi connectivity index (χ1) is 9.80. The van der Waals surface area contributed by atoms with E-state index in [2.05, 4.69) is 5.32 Å². The number of methoxy groups -OCH3 is 1. The lowest BCUT2D eigenvalue weighted by molar-refractivity contribution is -0.116. The molecule has 0 aromatic heterocycles. The zero-order chi connectivity index (χ0) is 15.6. The lowest BCUT2D eigenvalue weighted by atomic mass is 10.1. The number of hydrogen-bond acceptors (Lipinski definition) is 4. The van der Waals surface area contributed by atoms with Crippen molar-refractivity contribution in [2.75, 3.05) is 18.2 Å². The van der Waals surface area contributed by atoms with Gasteiger partial charge in [-0.15, -0.1) is 0 Å². The van der Waals surface area contributed by atoms with Crippen molar-refractivity contribution in [1.82, 2.24) is 0 Å². The first-order valence-electron chi connectivity index (χ1n) is 6.35. The molecule has 1 aliphatic heterocycles. The molecule has 114 valence electrons. The number of halogens is 1. The molecule has 1 N–H and O–H groups in total. The smallest absolute Gasteiger partial charge is 0.225 e. The van der Waals surface area contributed by atoms with Crippen LogP contribution >= 0.6 is 11.6 Å². The topological polar surface area (TPSA) is 72.5 Å². The molecule has 21 heavy (non-hydrogen) atoms. The molecule has 7 heteroatoms. The maximum atomic E-state index is 12.0. The molecule has 0 bridgehead atoms. The van der Waals surface area contributed by atoms with Crippen LogP contribution in [-0.2, 0) is 14.6 Å². The van der Waals surface area contributed by atoms with Crippen molar-refractivity contribution in [2.45, 2.75) is 13.3 Å². The average Bonchev–Trinajstić information content (AvgIpc) is 2.72. The predicted molar refractivity (Wildman–Crippen MR) is 82.4 cm³/mol. The first kappa shape index (κ1) is 15.9. The van der Waals surface area contributed by atoms with Crippen LogP contribution in [0.2, 0.25) is 5.02 Å². The maximum Gasteiger partial charge on any atom is 0.225 e. The summed E-state index contributed by atoms with van der Waals surface area (Å²) in [6.45, 7) is 1.82. The number of anilines is 1. The van der Waals surface area contributed by atoms with Gasteiger partial charge in [0.15, 0.2) is 9.84 Å². The Kier molecular flexibility index (Phi) is 4.58. The Morgan fingerprint density at radius 3 is 2.76 bits per heavy atom. The van der Waals surface area contributed by atoms with Gasteiger partial charge in [0.05, 0.1) is 18.6 Å². The van der Waals surface area contributed by atoms with E-state index in [0.29, 0.717) is 16.5 Å². The quantitative estimate of drug-likeness (QED) is 0.921. The number of carbonyl (C=O) groups is 1. The van der Waals surface area contributed by atoms with Crippen LogP contribution in [0.15, 0.2) is 23.6 Å². The van der Waals surface area contributed by atoms with Crippen molar-refractivity contribution >= 4 is 33.0 Å². The van der Waals surface area contributed by atoms with Crippen LogP contribution in [0.5, 0.6) is 5.75 Å². The minimum Gasteiger partial charge on any atom is -0.495 e. The summed E-state index contributed by atoms with van der Waals surface area (Å²) in [5.74, 6) is -0.0956. The number of allylic oxidation sites excluding steroid dienone is 1. The van der Waals surface area contributed by atoms with Gasteiger partial charge < -0.3 is 10.1 Å². The molecular formula is C14H16ClNO4S. The van der Waals surface area contributed by atoms with Gasteiger partial charge in [-0.05, 0) is 18.6 Å². The Morgan fingerprint density at radius 1 is 1.48 bits per heavy atom. The lowest BCUT2D eigenvalue weighted by Gasteiger charge is -2.13. The van der Waals surface area contributed by atoms with E-state index in [1.807, 2.05) is 6.92 Å². The number of ether oxygens (including phenoxy) is 1. The summed E-state index contributed by atoms with van der Waals surface area (Å²) in [5.41, 5.74) is 1.34. The van der Waals surface area contributed by atoms with Crippen molar-refractivity contribution in [3.8, 4) is 5.75 Å². The first-order valence-corrected chi connectivity index (χ1v) is 8.45. The molecule has 0 saturated heterocycles. The van der Waals surface area contributed by atoms with Crippen molar-refractivity contribution in [2.24, 2.45) is 5.92 Å². The number of hydrogen-bond donors (Lipinski definition) is 1. The fraction of sp³-hybridized carbons (Fsp3) is 0.357. The summed E-state index contributed by atoms with van der Waals surface area (Å²) < 4.78 is 27.8. The number of sulfone groups is 1. The summed E-state index contributed by atoms with van der Waals surface area (Å²) in [4.78, 5) is 12.0. The van der Waals surface area contributed by atoms with Crippen molar-refractivity contribution < 1.29 is 17.9 Å². The van der Waals surface area contributed by atoms with E-state index in [1.165, 1.54) is 7.11 Å². The molecule has 5 nitrogen and oxygen atoms in total. The van der Waals surface area contributed by atoms with Crippen LogP contribution in [0.1, 0.15) is 12.0 Å². The number of amides is 1. The van der Waals surface area contributed by atoms with E-state index < -0.39 is 9.84 Å². The highest BCUT2D eigenvalue weighted by atomic mass is 35.5. The Labute approximate surface area is 128 Å². The Bertz CT molecular complexity index is 697. The number of aryl methyl sites for hydroxylation is 1. The zero-order valence-electron chi connectivity index (χ0n) is 11.7. The SMILES string of the molecule is COc1cc(Cl)c(C)cc1NC(=O)CC1C=CS(=O)(=O)C1. The highest BCUT2D eigenvalue weighted by Gasteiger charge is 2.24. The normalized spacial score (nSPS) is 19.5. The second-order valence-electron chi connectivity index (χ2n) is 4.97. The third-order valence-electron chi connectivity index (χ3n) is 3.21. The Hall–Kier alpha value is -1.53. The summed E-state index contributed by atoms with van der Waals surface area (Å²) in [7, 11) is -1.65. The Morgan fingerprint density at radius 2 is 2.19 bits per heavy atom. The number of carbonyl (C=O) groups excluding carboxylic acids is 1. The lowest BCUT2D eigenvalue weighted by Crippen LogP contribution is -2.18. The molecule has 0 radical (unpaired) electrons. The third-order valence-corrected chi connectivity index (χ3v) is 5.08. The molecule has 1 aliphatic rings. The number of benzene rings is 1. The molecule has 0 spiro atoms. The second-order valence-corrected chi connectivity index (χ2v) is 7.31. The molecule has 2 rings (SSSR count). The molecule has 0 aliphatic carbocycles. The van der Waals surface area contributed by atoms with Gasteiger partial charge in [0.1, 0.15) is 5.75 Å². The van der Waals surface area contributed by atoms with Gasteiger partial charge in [-0.3, -0.25) is 4.79 Å². The molecular weight excluding hydrogens is 314 g/mol. The van der Waals surface area contributed by atoms with Gasteiger partial charge in [-0.1, -0.05) is 17.7 Å². The summed E-state index contributed by atoms with van der Waals surface area (Å²) in [5, 5.41) is 4.45. The minimum atomic E-state index is -3.14. The van der Waals surface area contributed by atoms with E-state index in [-0.39, 0.29) is 24.0 Å². The average molecular weight is 330 g/mol. The number of rotatable bonds is 4. The molecule has 1 heterocycles. The van der Waals surface area contributed by atoms with Gasteiger partial charge in [-0.25, -0.2) is 8.42 Å². The number of nitrogens with one attached hydrogen (secondary N) is 1. The summed E-state index contributed by atoms with van der Waals surface area (Å²) in [6.07, 6.45) is 1.67. The molecule has 1 unspecified atom stereocenters. The van der Waals surface area contributed by atoms with Gasteiger partial charge in [0, 0.05) is 28.8 Å². The van der Waals surface area contributed by atoms with Crippen LogP contribution < -0.4 is 10.1 Å². The van der Waals surface area contributed by atoms with Gasteiger partial charge in [0.25, 0.3) is 0 Å². The third kappa shape index (κ3) is 3.98. The van der Waals surface area contributed by atoms with Crippen LogP contribution in [-0.4, -0.2) is 27.2 Å². The molecule has 1 aromatic carbocycles. The molecule has 1 aromatic rings. The maximum absolute atomic E-state index is 12.0. The largest absolute Gasteiger partial charge is 0.495 e. The standard InChI is InChI=1S/C14H16ClNO4S/c1-9-5-12(13(20-2)7-11(9)15)16-14(17)6-10-3-4-21(18,19)8-10/h3-5,7,10H,6,8H2,1-2H3,(H,16,17). The fourth-order valence-corrected chi connectivity index (χ4v) is 3.69. The van der Waals surface area contributed by atoms with E-state index in [9.17, 15) is 13.2 Å². The molecule has 0 fully saturated rings.